The van der Waals surface area contributed by atoms with Crippen molar-refractivity contribution >= 4 is 11.0 Å². The standard InChI is InChI=1S/C15H24N4O/c1-11-4-5-14-13(8-11)17-15(10-18(3)6-7-20)19(14)12(2)9-16/h4-5,8,12,20H,6-7,9-10,16H2,1-3H3. The summed E-state index contributed by atoms with van der Waals surface area (Å²) in [7, 11) is 1.98. The molecule has 2 rings (SSSR count). The van der Waals surface area contributed by atoms with Crippen LogP contribution in [0.1, 0.15) is 24.4 Å². The Morgan fingerprint density at radius 2 is 2.20 bits per heavy atom. The fraction of sp³-hybridized carbons (Fsp3) is 0.533. The molecule has 0 saturated heterocycles. The predicted molar refractivity (Wildman–Crippen MR) is 81.7 cm³/mol. The Bertz CT molecular complexity index is 579. The fourth-order valence-electron chi connectivity index (χ4n) is 2.46. The first-order valence-electron chi connectivity index (χ1n) is 7.03. The molecule has 0 spiro atoms. The Balaban J connectivity index is 2.45. The molecule has 1 aromatic carbocycles. The molecule has 0 fully saturated rings. The van der Waals surface area contributed by atoms with Crippen LogP contribution in [0.15, 0.2) is 18.2 Å². The summed E-state index contributed by atoms with van der Waals surface area (Å²) < 4.78 is 2.21. The Labute approximate surface area is 120 Å². The van der Waals surface area contributed by atoms with Crippen LogP contribution in [0.25, 0.3) is 11.0 Å². The molecule has 2 aromatic rings. The molecule has 0 aliphatic heterocycles. The lowest BCUT2D eigenvalue weighted by molar-refractivity contribution is 0.212. The van der Waals surface area contributed by atoms with Crippen molar-refractivity contribution < 1.29 is 5.11 Å². The third-order valence-corrected chi connectivity index (χ3v) is 3.59. The Kier molecular flexibility index (Phi) is 4.75. The maximum atomic E-state index is 9.03. The van der Waals surface area contributed by atoms with Gasteiger partial charge in [0.2, 0.25) is 0 Å². The van der Waals surface area contributed by atoms with E-state index in [0.29, 0.717) is 19.6 Å². The van der Waals surface area contributed by atoms with Crippen molar-refractivity contribution in [1.82, 2.24) is 14.5 Å². The number of hydrogen-bond donors (Lipinski definition) is 2. The van der Waals surface area contributed by atoms with E-state index in [1.165, 1.54) is 5.56 Å². The molecule has 0 saturated carbocycles. The molecule has 5 nitrogen and oxygen atoms in total. The number of aromatic nitrogens is 2. The van der Waals surface area contributed by atoms with Crippen molar-refractivity contribution in [1.29, 1.82) is 0 Å². The van der Waals surface area contributed by atoms with E-state index in [1.807, 2.05) is 7.05 Å². The van der Waals surface area contributed by atoms with Crippen LogP contribution in [0.5, 0.6) is 0 Å². The van der Waals surface area contributed by atoms with Crippen LogP contribution >= 0.6 is 0 Å². The predicted octanol–water partition coefficient (Wildman–Crippen LogP) is 1.29. The first kappa shape index (κ1) is 15.0. The van der Waals surface area contributed by atoms with Crippen LogP contribution in [0.4, 0.5) is 0 Å². The zero-order chi connectivity index (χ0) is 14.7. The summed E-state index contributed by atoms with van der Waals surface area (Å²) in [6.45, 7) is 6.26. The van der Waals surface area contributed by atoms with Gasteiger partial charge in [-0.25, -0.2) is 4.98 Å². The van der Waals surface area contributed by atoms with Gasteiger partial charge in [-0.3, -0.25) is 4.90 Å². The third-order valence-electron chi connectivity index (χ3n) is 3.59. The van der Waals surface area contributed by atoms with E-state index in [4.69, 9.17) is 15.8 Å². The third kappa shape index (κ3) is 3.00. The number of aliphatic hydroxyl groups excluding tert-OH is 1. The van der Waals surface area contributed by atoms with Gasteiger partial charge in [-0.2, -0.15) is 0 Å². The highest BCUT2D eigenvalue weighted by Gasteiger charge is 2.16. The van der Waals surface area contributed by atoms with Crippen molar-refractivity contribution in [2.75, 3.05) is 26.7 Å². The zero-order valence-corrected chi connectivity index (χ0v) is 12.5. The average molecular weight is 276 g/mol. The molecule has 1 unspecified atom stereocenters. The van der Waals surface area contributed by atoms with Crippen LogP contribution in [-0.2, 0) is 6.54 Å². The van der Waals surface area contributed by atoms with Gasteiger partial charge < -0.3 is 15.4 Å². The second-order valence-corrected chi connectivity index (χ2v) is 5.44. The topological polar surface area (TPSA) is 67.3 Å². The summed E-state index contributed by atoms with van der Waals surface area (Å²) in [6.07, 6.45) is 0. The SMILES string of the molecule is Cc1ccc2c(c1)nc(CN(C)CCO)n2C(C)CN. The number of nitrogens with two attached hydrogens (primary N) is 1. The summed E-state index contributed by atoms with van der Waals surface area (Å²) in [5.74, 6) is 1.000. The fourth-order valence-corrected chi connectivity index (χ4v) is 2.46. The summed E-state index contributed by atoms with van der Waals surface area (Å²) in [5.41, 5.74) is 9.18. The molecular formula is C15H24N4O. The van der Waals surface area contributed by atoms with E-state index < -0.39 is 0 Å². The number of aliphatic hydroxyl groups is 1. The van der Waals surface area contributed by atoms with Gasteiger partial charge in [0.1, 0.15) is 5.82 Å². The molecule has 0 radical (unpaired) electrons. The molecule has 0 amide bonds. The second-order valence-electron chi connectivity index (χ2n) is 5.44. The van der Waals surface area contributed by atoms with Crippen molar-refractivity contribution in [3.8, 4) is 0 Å². The smallest absolute Gasteiger partial charge is 0.124 e. The molecule has 1 aromatic heterocycles. The minimum atomic E-state index is 0.155. The lowest BCUT2D eigenvalue weighted by Gasteiger charge is -2.19. The molecule has 110 valence electrons. The van der Waals surface area contributed by atoms with Gasteiger partial charge >= 0.3 is 0 Å². The molecule has 0 aliphatic carbocycles. The molecule has 1 heterocycles. The van der Waals surface area contributed by atoms with Gasteiger partial charge in [0, 0.05) is 19.1 Å². The van der Waals surface area contributed by atoms with Crippen molar-refractivity contribution in [3.05, 3.63) is 29.6 Å². The van der Waals surface area contributed by atoms with Crippen molar-refractivity contribution in [2.45, 2.75) is 26.4 Å². The monoisotopic (exact) mass is 276 g/mol. The van der Waals surface area contributed by atoms with E-state index in [-0.39, 0.29) is 12.6 Å². The summed E-state index contributed by atoms with van der Waals surface area (Å²) >= 11 is 0. The van der Waals surface area contributed by atoms with E-state index in [1.54, 1.807) is 0 Å². The number of nitrogens with zero attached hydrogens (tertiary/aromatic N) is 3. The molecular weight excluding hydrogens is 252 g/mol. The number of likely N-dealkylation sites (N-methyl/N-ethyl adjacent to an activating group) is 1. The minimum Gasteiger partial charge on any atom is -0.395 e. The quantitative estimate of drug-likeness (QED) is 0.834. The lowest BCUT2D eigenvalue weighted by atomic mass is 10.2. The lowest BCUT2D eigenvalue weighted by Crippen LogP contribution is -2.25. The van der Waals surface area contributed by atoms with Gasteiger partial charge in [-0.15, -0.1) is 0 Å². The Morgan fingerprint density at radius 3 is 2.85 bits per heavy atom. The number of imidazole rings is 1. The number of hydrogen-bond acceptors (Lipinski definition) is 4. The van der Waals surface area contributed by atoms with Gasteiger partial charge in [-0.1, -0.05) is 6.07 Å². The highest BCUT2D eigenvalue weighted by molar-refractivity contribution is 5.77. The maximum absolute atomic E-state index is 9.03. The van der Waals surface area contributed by atoms with Crippen molar-refractivity contribution in [2.24, 2.45) is 5.73 Å². The molecule has 5 heteroatoms. The zero-order valence-electron chi connectivity index (χ0n) is 12.5. The van der Waals surface area contributed by atoms with Crippen LogP contribution < -0.4 is 5.73 Å². The number of aryl methyl sites for hydroxylation is 1. The van der Waals surface area contributed by atoms with E-state index >= 15 is 0 Å². The summed E-state index contributed by atoms with van der Waals surface area (Å²) in [5, 5.41) is 9.03. The molecule has 3 N–H and O–H groups in total. The van der Waals surface area contributed by atoms with Crippen LogP contribution in [0, 0.1) is 6.92 Å². The van der Waals surface area contributed by atoms with Crippen molar-refractivity contribution in [3.63, 3.8) is 0 Å². The largest absolute Gasteiger partial charge is 0.395 e. The Hall–Kier alpha value is -1.43. The second kappa shape index (κ2) is 6.35. The summed E-state index contributed by atoms with van der Waals surface area (Å²) in [6, 6.07) is 6.52. The van der Waals surface area contributed by atoms with Gasteiger partial charge in [0.15, 0.2) is 0 Å². The van der Waals surface area contributed by atoms with Crippen LogP contribution in [0.3, 0.4) is 0 Å². The Morgan fingerprint density at radius 1 is 1.45 bits per heavy atom. The molecule has 0 bridgehead atoms. The highest BCUT2D eigenvalue weighted by Crippen LogP contribution is 2.22. The van der Waals surface area contributed by atoms with E-state index in [0.717, 1.165) is 16.9 Å². The number of fused-ring (bicyclic) bond motifs is 1. The maximum Gasteiger partial charge on any atom is 0.124 e. The van der Waals surface area contributed by atoms with Crippen LogP contribution in [-0.4, -0.2) is 46.3 Å². The average Bonchev–Trinajstić information content (AvgIpc) is 2.74. The minimum absolute atomic E-state index is 0.155. The highest BCUT2D eigenvalue weighted by atomic mass is 16.3. The first-order valence-corrected chi connectivity index (χ1v) is 7.03. The normalized spacial score (nSPS) is 13.3. The van der Waals surface area contributed by atoms with Crippen LogP contribution in [0.2, 0.25) is 0 Å². The molecule has 1 atom stereocenters. The number of benzene rings is 1. The van der Waals surface area contributed by atoms with Gasteiger partial charge in [-0.05, 0) is 38.6 Å². The summed E-state index contributed by atoms with van der Waals surface area (Å²) in [4.78, 5) is 6.81. The number of rotatable bonds is 6. The van der Waals surface area contributed by atoms with E-state index in [9.17, 15) is 0 Å². The molecule has 20 heavy (non-hydrogen) atoms. The molecule has 0 aliphatic rings. The first-order chi connectivity index (χ1) is 9.56. The van der Waals surface area contributed by atoms with Gasteiger partial charge in [0.25, 0.3) is 0 Å². The van der Waals surface area contributed by atoms with E-state index in [2.05, 4.69) is 41.5 Å². The van der Waals surface area contributed by atoms with Gasteiger partial charge in [0.05, 0.1) is 24.2 Å².